The van der Waals surface area contributed by atoms with Crippen molar-refractivity contribution in [3.05, 3.63) is 29.6 Å². The third-order valence-electron chi connectivity index (χ3n) is 2.55. The molecule has 0 aromatic carbocycles. The second kappa shape index (κ2) is 7.36. The van der Waals surface area contributed by atoms with Gasteiger partial charge in [0, 0.05) is 13.1 Å². The molecule has 3 nitrogen and oxygen atoms in total. The van der Waals surface area contributed by atoms with E-state index >= 15 is 0 Å². The normalized spacial score (nSPS) is 11.0. The Morgan fingerprint density at radius 3 is 2.75 bits per heavy atom. The molecule has 1 aromatic rings. The molecule has 0 aliphatic heterocycles. The van der Waals surface area contributed by atoms with Gasteiger partial charge in [0.25, 0.3) is 0 Å². The molecular formula is C13H23N3. The fourth-order valence-electron chi connectivity index (χ4n) is 1.68. The lowest BCUT2D eigenvalue weighted by Crippen LogP contribution is -2.20. The van der Waals surface area contributed by atoms with Crippen LogP contribution in [0.2, 0.25) is 0 Å². The highest BCUT2D eigenvalue weighted by Crippen LogP contribution is 2.03. The average molecular weight is 221 g/mol. The van der Waals surface area contributed by atoms with Crippen molar-refractivity contribution in [3.63, 3.8) is 0 Å². The van der Waals surface area contributed by atoms with Gasteiger partial charge in [0.1, 0.15) is 0 Å². The minimum atomic E-state index is 0.840. The minimum Gasteiger partial charge on any atom is -0.314 e. The van der Waals surface area contributed by atoms with Crippen molar-refractivity contribution in [3.8, 4) is 0 Å². The van der Waals surface area contributed by atoms with Crippen LogP contribution in [0.4, 0.5) is 0 Å². The highest BCUT2D eigenvalue weighted by atomic mass is 15.1. The number of aromatic nitrogens is 1. The second-order valence-corrected chi connectivity index (χ2v) is 4.24. The van der Waals surface area contributed by atoms with Crippen molar-refractivity contribution in [2.45, 2.75) is 32.9 Å². The Kier molecular flexibility index (Phi) is 6.04. The molecule has 0 saturated carbocycles. The summed E-state index contributed by atoms with van der Waals surface area (Å²) in [5.74, 6) is 0. The fraction of sp³-hybridized carbons (Fsp3) is 0.615. The monoisotopic (exact) mass is 221 g/mol. The molecule has 1 rings (SSSR count). The van der Waals surface area contributed by atoms with Crippen LogP contribution in [0.3, 0.4) is 0 Å². The van der Waals surface area contributed by atoms with E-state index in [1.165, 1.54) is 12.8 Å². The Balaban J connectivity index is 2.49. The third-order valence-corrected chi connectivity index (χ3v) is 2.55. The Labute approximate surface area is 98.9 Å². The highest BCUT2D eigenvalue weighted by Gasteiger charge is 2.01. The van der Waals surface area contributed by atoms with Crippen molar-refractivity contribution in [2.24, 2.45) is 0 Å². The summed E-state index contributed by atoms with van der Waals surface area (Å²) in [7, 11) is 4.10. The van der Waals surface area contributed by atoms with Crippen LogP contribution in [-0.4, -0.2) is 30.5 Å². The molecule has 0 fully saturated rings. The summed E-state index contributed by atoms with van der Waals surface area (Å²) >= 11 is 0. The first-order valence-electron chi connectivity index (χ1n) is 6.04. The molecule has 0 unspecified atom stereocenters. The van der Waals surface area contributed by atoms with Gasteiger partial charge in [0.2, 0.25) is 0 Å². The van der Waals surface area contributed by atoms with Crippen LogP contribution < -0.4 is 5.32 Å². The van der Waals surface area contributed by atoms with Crippen molar-refractivity contribution in [1.29, 1.82) is 0 Å². The number of nitrogens with one attached hydrogen (secondary N) is 1. The van der Waals surface area contributed by atoms with Gasteiger partial charge in [-0.1, -0.05) is 19.4 Å². The maximum Gasteiger partial charge on any atom is 0.0547 e. The summed E-state index contributed by atoms with van der Waals surface area (Å²) in [6.45, 7) is 5.15. The zero-order valence-corrected chi connectivity index (χ0v) is 10.7. The molecule has 0 aliphatic carbocycles. The first kappa shape index (κ1) is 13.1. The van der Waals surface area contributed by atoms with Crippen LogP contribution in [0.15, 0.2) is 18.2 Å². The number of hydrogen-bond donors (Lipinski definition) is 1. The van der Waals surface area contributed by atoms with Crippen LogP contribution in [0.5, 0.6) is 0 Å². The maximum atomic E-state index is 4.61. The molecule has 0 spiro atoms. The van der Waals surface area contributed by atoms with E-state index in [4.69, 9.17) is 0 Å². The third kappa shape index (κ3) is 4.73. The van der Waals surface area contributed by atoms with Gasteiger partial charge in [-0.2, -0.15) is 0 Å². The Hall–Kier alpha value is -0.930. The molecule has 1 heterocycles. The molecular weight excluding hydrogens is 198 g/mol. The van der Waals surface area contributed by atoms with Crippen molar-refractivity contribution in [1.82, 2.24) is 15.2 Å². The molecule has 0 amide bonds. The SMILES string of the molecule is CCCCN(C)Cc1cccc(CNC)n1. The van der Waals surface area contributed by atoms with Crippen molar-refractivity contribution in [2.75, 3.05) is 20.6 Å². The van der Waals surface area contributed by atoms with Crippen LogP contribution in [0, 0.1) is 0 Å². The summed E-state index contributed by atoms with van der Waals surface area (Å²) in [5, 5.41) is 3.12. The van der Waals surface area contributed by atoms with Gasteiger partial charge in [-0.15, -0.1) is 0 Å². The quantitative estimate of drug-likeness (QED) is 0.763. The smallest absolute Gasteiger partial charge is 0.0547 e. The first-order valence-corrected chi connectivity index (χ1v) is 6.04. The van der Waals surface area contributed by atoms with Gasteiger partial charge in [0.05, 0.1) is 11.4 Å². The average Bonchev–Trinajstić information content (AvgIpc) is 2.27. The van der Waals surface area contributed by atoms with Crippen molar-refractivity contribution < 1.29 is 0 Å². The van der Waals surface area contributed by atoms with Crippen LogP contribution in [0.25, 0.3) is 0 Å². The van der Waals surface area contributed by atoms with Crippen LogP contribution in [-0.2, 0) is 13.1 Å². The van der Waals surface area contributed by atoms with Gasteiger partial charge in [-0.05, 0) is 39.2 Å². The molecule has 0 atom stereocenters. The molecule has 0 bridgehead atoms. The van der Waals surface area contributed by atoms with Crippen LogP contribution >= 0.6 is 0 Å². The van der Waals surface area contributed by atoms with Gasteiger partial charge in [-0.3, -0.25) is 4.98 Å². The minimum absolute atomic E-state index is 0.840. The second-order valence-electron chi connectivity index (χ2n) is 4.24. The Morgan fingerprint density at radius 2 is 2.06 bits per heavy atom. The maximum absolute atomic E-state index is 4.61. The van der Waals surface area contributed by atoms with E-state index in [9.17, 15) is 0 Å². The predicted molar refractivity (Wildman–Crippen MR) is 68.2 cm³/mol. The summed E-state index contributed by atoms with van der Waals surface area (Å²) in [6, 6.07) is 6.25. The van der Waals surface area contributed by atoms with E-state index in [0.29, 0.717) is 0 Å². The van der Waals surface area contributed by atoms with E-state index in [0.717, 1.165) is 31.0 Å². The molecule has 16 heavy (non-hydrogen) atoms. The topological polar surface area (TPSA) is 28.2 Å². The van der Waals surface area contributed by atoms with Gasteiger partial charge in [0.15, 0.2) is 0 Å². The van der Waals surface area contributed by atoms with Crippen LogP contribution in [0.1, 0.15) is 31.2 Å². The van der Waals surface area contributed by atoms with Gasteiger partial charge < -0.3 is 10.2 Å². The lowest BCUT2D eigenvalue weighted by Gasteiger charge is -2.15. The zero-order valence-electron chi connectivity index (χ0n) is 10.7. The number of unbranched alkanes of at least 4 members (excludes halogenated alkanes) is 1. The molecule has 0 radical (unpaired) electrons. The lowest BCUT2D eigenvalue weighted by atomic mass is 10.2. The lowest BCUT2D eigenvalue weighted by molar-refractivity contribution is 0.316. The number of pyridine rings is 1. The summed E-state index contributed by atoms with van der Waals surface area (Å²) in [6.07, 6.45) is 2.50. The van der Waals surface area contributed by atoms with Gasteiger partial charge >= 0.3 is 0 Å². The van der Waals surface area contributed by atoms with Crippen molar-refractivity contribution >= 4 is 0 Å². The molecule has 0 saturated heterocycles. The molecule has 3 heteroatoms. The summed E-state index contributed by atoms with van der Waals surface area (Å²) in [5.41, 5.74) is 2.27. The van der Waals surface area contributed by atoms with E-state index in [1.807, 2.05) is 7.05 Å². The largest absolute Gasteiger partial charge is 0.314 e. The number of rotatable bonds is 7. The summed E-state index contributed by atoms with van der Waals surface area (Å²) in [4.78, 5) is 6.93. The Bertz CT molecular complexity index is 299. The number of hydrogen-bond acceptors (Lipinski definition) is 3. The molecule has 1 aromatic heterocycles. The number of nitrogens with zero attached hydrogens (tertiary/aromatic N) is 2. The highest BCUT2D eigenvalue weighted by molar-refractivity contribution is 5.11. The zero-order chi connectivity index (χ0) is 11.8. The van der Waals surface area contributed by atoms with E-state index in [2.05, 4.69) is 47.4 Å². The van der Waals surface area contributed by atoms with Gasteiger partial charge in [-0.25, -0.2) is 0 Å². The Morgan fingerprint density at radius 1 is 1.31 bits per heavy atom. The fourth-order valence-corrected chi connectivity index (χ4v) is 1.68. The molecule has 90 valence electrons. The standard InChI is InChI=1S/C13H23N3/c1-4-5-9-16(3)11-13-8-6-7-12(15-13)10-14-2/h6-8,14H,4-5,9-11H2,1-3H3. The summed E-state index contributed by atoms with van der Waals surface area (Å²) < 4.78 is 0. The van der Waals surface area contributed by atoms with E-state index < -0.39 is 0 Å². The first-order chi connectivity index (χ1) is 7.76. The molecule has 1 N–H and O–H groups in total. The van der Waals surface area contributed by atoms with E-state index in [-0.39, 0.29) is 0 Å². The predicted octanol–water partition coefficient (Wildman–Crippen LogP) is 2.03. The molecule has 0 aliphatic rings. The van der Waals surface area contributed by atoms with E-state index in [1.54, 1.807) is 0 Å².